The van der Waals surface area contributed by atoms with Crippen molar-refractivity contribution in [1.29, 1.82) is 0 Å². The monoisotopic (exact) mass is 390 g/mol. The van der Waals surface area contributed by atoms with Gasteiger partial charge in [0.05, 0.1) is 13.2 Å². The lowest BCUT2D eigenvalue weighted by Crippen LogP contribution is -2.41. The largest absolute Gasteiger partial charge is 0.381 e. The number of ether oxygens (including phenoxy) is 2. The van der Waals surface area contributed by atoms with Crippen LogP contribution in [-0.2, 0) is 9.47 Å². The number of nitrogens with zero attached hydrogens (tertiary/aromatic N) is 1. The summed E-state index contributed by atoms with van der Waals surface area (Å²) in [6.07, 6.45) is 1.99. The molecule has 1 amide bonds. The van der Waals surface area contributed by atoms with Gasteiger partial charge in [-0.3, -0.25) is 9.79 Å². The molecule has 0 radical (unpaired) electrons. The summed E-state index contributed by atoms with van der Waals surface area (Å²) in [5, 5.41) is 9.38. The van der Waals surface area contributed by atoms with E-state index in [0.717, 1.165) is 50.7 Å². The zero-order valence-corrected chi connectivity index (χ0v) is 17.1. The van der Waals surface area contributed by atoms with Gasteiger partial charge in [0.15, 0.2) is 5.96 Å². The van der Waals surface area contributed by atoms with Crippen LogP contribution in [0.1, 0.15) is 35.7 Å². The molecule has 28 heavy (non-hydrogen) atoms. The molecule has 0 aromatic heterocycles. The van der Waals surface area contributed by atoms with Crippen molar-refractivity contribution in [2.24, 2.45) is 10.9 Å². The van der Waals surface area contributed by atoms with Crippen molar-refractivity contribution in [2.45, 2.75) is 26.7 Å². The first kappa shape index (κ1) is 22.2. The molecule has 7 nitrogen and oxygen atoms in total. The number of hydrogen-bond acceptors (Lipinski definition) is 4. The third kappa shape index (κ3) is 8.71. The van der Waals surface area contributed by atoms with Crippen LogP contribution in [0.5, 0.6) is 0 Å². The maximum absolute atomic E-state index is 12.1. The molecule has 1 heterocycles. The minimum atomic E-state index is -0.0581. The normalized spacial score (nSPS) is 16.8. The van der Waals surface area contributed by atoms with Crippen LogP contribution in [0.3, 0.4) is 0 Å². The molecule has 1 aliphatic rings. The highest BCUT2D eigenvalue weighted by atomic mass is 16.5. The van der Waals surface area contributed by atoms with Crippen LogP contribution in [0, 0.1) is 12.8 Å². The second-order valence-corrected chi connectivity index (χ2v) is 6.97. The Morgan fingerprint density at radius 3 is 2.89 bits per heavy atom. The minimum absolute atomic E-state index is 0.0581. The first-order chi connectivity index (χ1) is 13.7. The van der Waals surface area contributed by atoms with Crippen molar-refractivity contribution in [3.8, 4) is 0 Å². The Balaban J connectivity index is 1.58. The SMILES string of the molecule is CCNC(=NCCCOCC1CCOC1)NCCNC(=O)c1cccc(C)c1. The summed E-state index contributed by atoms with van der Waals surface area (Å²) >= 11 is 0. The number of amides is 1. The van der Waals surface area contributed by atoms with Crippen LogP contribution in [0.2, 0.25) is 0 Å². The minimum Gasteiger partial charge on any atom is -0.381 e. The molecule has 0 spiro atoms. The van der Waals surface area contributed by atoms with Crippen molar-refractivity contribution in [1.82, 2.24) is 16.0 Å². The van der Waals surface area contributed by atoms with Gasteiger partial charge in [-0.1, -0.05) is 17.7 Å². The van der Waals surface area contributed by atoms with Crippen molar-refractivity contribution in [3.05, 3.63) is 35.4 Å². The molecule has 0 saturated carbocycles. The summed E-state index contributed by atoms with van der Waals surface area (Å²) < 4.78 is 11.0. The van der Waals surface area contributed by atoms with Crippen LogP contribution < -0.4 is 16.0 Å². The van der Waals surface area contributed by atoms with E-state index in [-0.39, 0.29) is 5.91 Å². The number of nitrogens with one attached hydrogen (secondary N) is 3. The van der Waals surface area contributed by atoms with Gasteiger partial charge in [0.1, 0.15) is 0 Å². The predicted octanol–water partition coefficient (Wildman–Crippen LogP) is 1.72. The Bertz CT molecular complexity index is 615. The van der Waals surface area contributed by atoms with Gasteiger partial charge in [-0.15, -0.1) is 0 Å². The van der Waals surface area contributed by atoms with E-state index in [1.165, 1.54) is 0 Å². The van der Waals surface area contributed by atoms with Gasteiger partial charge in [0.25, 0.3) is 5.91 Å². The lowest BCUT2D eigenvalue weighted by atomic mass is 10.1. The average Bonchev–Trinajstić information content (AvgIpc) is 3.21. The number of carbonyl (C=O) groups is 1. The van der Waals surface area contributed by atoms with Crippen LogP contribution >= 0.6 is 0 Å². The number of benzene rings is 1. The van der Waals surface area contributed by atoms with Crippen LogP contribution in [-0.4, -0.2) is 64.5 Å². The predicted molar refractivity (Wildman–Crippen MR) is 112 cm³/mol. The van der Waals surface area contributed by atoms with E-state index in [1.54, 1.807) is 0 Å². The fourth-order valence-electron chi connectivity index (χ4n) is 2.91. The molecule has 1 fully saturated rings. The molecule has 1 atom stereocenters. The topological polar surface area (TPSA) is 84.0 Å². The molecule has 0 aliphatic carbocycles. The van der Waals surface area contributed by atoms with Gasteiger partial charge in [0, 0.05) is 50.9 Å². The first-order valence-corrected chi connectivity index (χ1v) is 10.2. The zero-order valence-electron chi connectivity index (χ0n) is 17.1. The van der Waals surface area contributed by atoms with E-state index in [4.69, 9.17) is 9.47 Å². The smallest absolute Gasteiger partial charge is 0.251 e. The summed E-state index contributed by atoms with van der Waals surface area (Å²) in [6, 6.07) is 7.58. The van der Waals surface area contributed by atoms with E-state index in [9.17, 15) is 4.79 Å². The number of rotatable bonds is 11. The number of guanidine groups is 1. The maximum Gasteiger partial charge on any atom is 0.251 e. The summed E-state index contributed by atoms with van der Waals surface area (Å²) in [4.78, 5) is 16.7. The Hall–Kier alpha value is -2.12. The molecule has 1 aromatic carbocycles. The van der Waals surface area contributed by atoms with Crippen molar-refractivity contribution < 1.29 is 14.3 Å². The lowest BCUT2D eigenvalue weighted by molar-refractivity contribution is 0.0893. The highest BCUT2D eigenvalue weighted by Crippen LogP contribution is 2.12. The summed E-state index contributed by atoms with van der Waals surface area (Å²) in [5.41, 5.74) is 1.76. The third-order valence-electron chi connectivity index (χ3n) is 4.42. The summed E-state index contributed by atoms with van der Waals surface area (Å²) in [5.74, 6) is 1.26. The molecule has 156 valence electrons. The Morgan fingerprint density at radius 1 is 1.29 bits per heavy atom. The number of hydrogen-bond donors (Lipinski definition) is 3. The number of carbonyl (C=O) groups excluding carboxylic acids is 1. The molecule has 7 heteroatoms. The summed E-state index contributed by atoms with van der Waals surface area (Å²) in [7, 11) is 0. The second kappa shape index (κ2) is 13.1. The Labute approximate surface area is 168 Å². The van der Waals surface area contributed by atoms with Gasteiger partial charge in [-0.2, -0.15) is 0 Å². The standard InChI is InChI=1S/C21H34N4O3/c1-3-22-21(24-9-5-12-27-15-18-8-13-28-16-18)25-11-10-23-20(26)19-7-4-6-17(2)14-19/h4,6-7,14,18H,3,5,8-13,15-16H2,1-2H3,(H,23,26)(H2,22,24,25). The average molecular weight is 391 g/mol. The van der Waals surface area contributed by atoms with Crippen molar-refractivity contribution in [3.63, 3.8) is 0 Å². The molecule has 1 unspecified atom stereocenters. The molecule has 0 bridgehead atoms. The van der Waals surface area contributed by atoms with Crippen LogP contribution in [0.15, 0.2) is 29.3 Å². The van der Waals surface area contributed by atoms with Gasteiger partial charge in [0.2, 0.25) is 0 Å². The Kier molecular flexibility index (Phi) is 10.4. The van der Waals surface area contributed by atoms with E-state index in [0.29, 0.717) is 37.7 Å². The quantitative estimate of drug-likeness (QED) is 0.304. The van der Waals surface area contributed by atoms with Gasteiger partial charge in [-0.05, 0) is 38.8 Å². The lowest BCUT2D eigenvalue weighted by Gasteiger charge is -2.12. The second-order valence-electron chi connectivity index (χ2n) is 6.97. The van der Waals surface area contributed by atoms with Crippen molar-refractivity contribution in [2.75, 3.05) is 52.6 Å². The van der Waals surface area contributed by atoms with Crippen LogP contribution in [0.25, 0.3) is 0 Å². The van der Waals surface area contributed by atoms with E-state index >= 15 is 0 Å². The molecule has 3 N–H and O–H groups in total. The molecule has 1 aromatic rings. The maximum atomic E-state index is 12.1. The molecule has 1 aliphatic heterocycles. The first-order valence-electron chi connectivity index (χ1n) is 10.2. The fraction of sp³-hybridized carbons (Fsp3) is 0.619. The molecular weight excluding hydrogens is 356 g/mol. The van der Waals surface area contributed by atoms with E-state index < -0.39 is 0 Å². The third-order valence-corrected chi connectivity index (χ3v) is 4.42. The Morgan fingerprint density at radius 2 is 2.14 bits per heavy atom. The van der Waals surface area contributed by atoms with Gasteiger partial charge in [-0.25, -0.2) is 0 Å². The fourth-order valence-corrected chi connectivity index (χ4v) is 2.91. The van der Waals surface area contributed by atoms with Gasteiger partial charge >= 0.3 is 0 Å². The number of aryl methyl sites for hydroxylation is 1. The van der Waals surface area contributed by atoms with E-state index in [2.05, 4.69) is 20.9 Å². The molecule has 1 saturated heterocycles. The van der Waals surface area contributed by atoms with Crippen LogP contribution in [0.4, 0.5) is 0 Å². The van der Waals surface area contributed by atoms with E-state index in [1.807, 2.05) is 38.1 Å². The highest BCUT2D eigenvalue weighted by Gasteiger charge is 2.15. The van der Waals surface area contributed by atoms with Crippen molar-refractivity contribution >= 4 is 11.9 Å². The van der Waals surface area contributed by atoms with Gasteiger partial charge < -0.3 is 25.4 Å². The molecular formula is C21H34N4O3. The molecule has 2 rings (SSSR count). The summed E-state index contributed by atoms with van der Waals surface area (Å²) in [6.45, 7) is 9.83. The highest BCUT2D eigenvalue weighted by molar-refractivity contribution is 5.94. The zero-order chi connectivity index (χ0) is 20.0. The number of aliphatic imine (C=N–C) groups is 1.